The van der Waals surface area contributed by atoms with E-state index in [0.29, 0.717) is 22.8 Å². The first-order valence-electron chi connectivity index (χ1n) is 5.26. The number of ether oxygens (including phenoxy) is 1. The number of anilines is 1. The molecule has 0 aliphatic rings. The summed E-state index contributed by atoms with van der Waals surface area (Å²) >= 11 is 4.78. The molecule has 1 atom stereocenters. The summed E-state index contributed by atoms with van der Waals surface area (Å²) in [4.78, 5) is 12.2. The molecule has 0 aliphatic carbocycles. The summed E-state index contributed by atoms with van der Waals surface area (Å²) < 4.78 is 5.14. The number of amides is 1. The minimum Gasteiger partial charge on any atom is -0.495 e. The van der Waals surface area contributed by atoms with Crippen LogP contribution in [-0.4, -0.2) is 18.0 Å². The summed E-state index contributed by atoms with van der Waals surface area (Å²) in [5.74, 6) is 0.253. The molecule has 17 heavy (non-hydrogen) atoms. The molecule has 5 heteroatoms. The molecule has 1 unspecified atom stereocenters. The Kier molecular flexibility index (Phi) is 4.90. The molecule has 0 radical (unpaired) electrons. The van der Waals surface area contributed by atoms with Gasteiger partial charge in [-0.15, -0.1) is 0 Å². The number of rotatable bonds is 5. The molecule has 0 saturated carbocycles. The summed E-state index contributed by atoms with van der Waals surface area (Å²) in [6.45, 7) is 1.78. The highest BCUT2D eigenvalue weighted by Crippen LogP contribution is 2.23. The fraction of sp³-hybridized carbons (Fsp3) is 0.333. The van der Waals surface area contributed by atoms with Gasteiger partial charge < -0.3 is 15.8 Å². The lowest BCUT2D eigenvalue weighted by Gasteiger charge is -2.13. The fourth-order valence-electron chi connectivity index (χ4n) is 1.40. The van der Waals surface area contributed by atoms with E-state index in [1.54, 1.807) is 26.2 Å². The monoisotopic (exact) mass is 252 g/mol. The third-order valence-electron chi connectivity index (χ3n) is 2.32. The molecule has 0 saturated heterocycles. The van der Waals surface area contributed by atoms with Crippen molar-refractivity contribution in [3.05, 3.63) is 24.3 Å². The number of para-hydroxylation sites is 2. The molecule has 1 aromatic rings. The zero-order chi connectivity index (χ0) is 12.8. The van der Waals surface area contributed by atoms with E-state index in [9.17, 15) is 4.79 Å². The minimum absolute atomic E-state index is 0.123. The molecular formula is C12H16N2O2S. The molecular weight excluding hydrogens is 236 g/mol. The molecule has 1 rings (SSSR count). The SMILES string of the molecule is COc1ccccc1NC(=O)C(C)CC(N)=S. The first kappa shape index (κ1) is 13.4. The van der Waals surface area contributed by atoms with Crippen LogP contribution in [0.1, 0.15) is 13.3 Å². The average Bonchev–Trinajstić information content (AvgIpc) is 2.28. The molecule has 0 aromatic heterocycles. The summed E-state index contributed by atoms with van der Waals surface area (Å²) in [6.07, 6.45) is 0.399. The maximum absolute atomic E-state index is 11.8. The predicted molar refractivity (Wildman–Crippen MR) is 72.2 cm³/mol. The second kappa shape index (κ2) is 6.20. The molecule has 0 bridgehead atoms. The van der Waals surface area contributed by atoms with Gasteiger partial charge in [0.1, 0.15) is 5.75 Å². The Bertz CT molecular complexity index is 421. The van der Waals surface area contributed by atoms with Crippen molar-refractivity contribution in [2.45, 2.75) is 13.3 Å². The molecule has 0 aliphatic heterocycles. The van der Waals surface area contributed by atoms with E-state index >= 15 is 0 Å². The van der Waals surface area contributed by atoms with Crippen LogP contribution < -0.4 is 15.8 Å². The lowest BCUT2D eigenvalue weighted by Crippen LogP contribution is -2.24. The van der Waals surface area contributed by atoms with Gasteiger partial charge in [0.15, 0.2) is 0 Å². The number of hydrogen-bond acceptors (Lipinski definition) is 3. The zero-order valence-corrected chi connectivity index (χ0v) is 10.7. The first-order chi connectivity index (χ1) is 8.04. The topological polar surface area (TPSA) is 64.3 Å². The summed E-state index contributed by atoms with van der Waals surface area (Å²) in [7, 11) is 1.56. The quantitative estimate of drug-likeness (QED) is 0.786. The normalized spacial score (nSPS) is 11.6. The maximum Gasteiger partial charge on any atom is 0.227 e. The van der Waals surface area contributed by atoms with Crippen molar-refractivity contribution in [2.24, 2.45) is 11.7 Å². The summed E-state index contributed by atoms with van der Waals surface area (Å²) in [6, 6.07) is 7.24. The highest BCUT2D eigenvalue weighted by atomic mass is 32.1. The highest BCUT2D eigenvalue weighted by molar-refractivity contribution is 7.80. The Morgan fingerprint density at radius 2 is 2.18 bits per heavy atom. The van der Waals surface area contributed by atoms with E-state index in [1.165, 1.54) is 0 Å². The molecule has 4 nitrogen and oxygen atoms in total. The fourth-order valence-corrected chi connectivity index (χ4v) is 1.65. The van der Waals surface area contributed by atoms with Crippen molar-refractivity contribution in [2.75, 3.05) is 12.4 Å². The van der Waals surface area contributed by atoms with Gasteiger partial charge in [-0.25, -0.2) is 0 Å². The number of carbonyl (C=O) groups excluding carboxylic acids is 1. The number of benzene rings is 1. The third-order valence-corrected chi connectivity index (χ3v) is 2.49. The molecule has 3 N–H and O–H groups in total. The lowest BCUT2D eigenvalue weighted by atomic mass is 10.1. The van der Waals surface area contributed by atoms with Crippen LogP contribution >= 0.6 is 12.2 Å². The second-order valence-electron chi connectivity index (χ2n) is 3.76. The van der Waals surface area contributed by atoms with E-state index in [-0.39, 0.29) is 11.8 Å². The first-order valence-corrected chi connectivity index (χ1v) is 5.67. The van der Waals surface area contributed by atoms with Gasteiger partial charge in [0.05, 0.1) is 17.8 Å². The Hall–Kier alpha value is -1.62. The van der Waals surface area contributed by atoms with Crippen molar-refractivity contribution < 1.29 is 9.53 Å². The van der Waals surface area contributed by atoms with Crippen molar-refractivity contribution >= 4 is 28.8 Å². The van der Waals surface area contributed by atoms with E-state index in [1.807, 2.05) is 12.1 Å². The standard InChI is InChI=1S/C12H16N2O2S/c1-8(7-11(13)17)12(15)14-9-5-3-4-6-10(9)16-2/h3-6,8H,7H2,1-2H3,(H2,13,17)(H,14,15). The van der Waals surface area contributed by atoms with Crippen molar-refractivity contribution in [3.63, 3.8) is 0 Å². The third kappa shape index (κ3) is 4.03. The van der Waals surface area contributed by atoms with Gasteiger partial charge in [-0.1, -0.05) is 31.3 Å². The van der Waals surface area contributed by atoms with Gasteiger partial charge in [-0.3, -0.25) is 4.79 Å². The van der Waals surface area contributed by atoms with Crippen molar-refractivity contribution in [3.8, 4) is 5.75 Å². The van der Waals surface area contributed by atoms with Crippen LogP contribution in [0.5, 0.6) is 5.75 Å². The van der Waals surface area contributed by atoms with Crippen LogP contribution in [0.4, 0.5) is 5.69 Å². The van der Waals surface area contributed by atoms with Crippen LogP contribution in [0.2, 0.25) is 0 Å². The van der Waals surface area contributed by atoms with Crippen LogP contribution in [-0.2, 0) is 4.79 Å². The van der Waals surface area contributed by atoms with Gasteiger partial charge in [-0.2, -0.15) is 0 Å². The Morgan fingerprint density at radius 3 is 2.76 bits per heavy atom. The predicted octanol–water partition coefficient (Wildman–Crippen LogP) is 1.95. The number of carbonyl (C=O) groups is 1. The van der Waals surface area contributed by atoms with Crippen molar-refractivity contribution in [1.82, 2.24) is 0 Å². The van der Waals surface area contributed by atoms with Crippen LogP contribution in [0.25, 0.3) is 0 Å². The highest BCUT2D eigenvalue weighted by Gasteiger charge is 2.15. The van der Waals surface area contributed by atoms with Gasteiger partial charge in [0.25, 0.3) is 0 Å². The van der Waals surface area contributed by atoms with Gasteiger partial charge in [0.2, 0.25) is 5.91 Å². The minimum atomic E-state index is -0.252. The second-order valence-corrected chi connectivity index (χ2v) is 4.29. The Labute approximate surface area is 106 Å². The Balaban J connectivity index is 2.70. The average molecular weight is 252 g/mol. The maximum atomic E-state index is 11.8. The van der Waals surface area contributed by atoms with Crippen LogP contribution in [0.3, 0.4) is 0 Å². The largest absolute Gasteiger partial charge is 0.495 e. The lowest BCUT2D eigenvalue weighted by molar-refractivity contribution is -0.119. The van der Waals surface area contributed by atoms with E-state index in [0.717, 1.165) is 0 Å². The molecule has 0 spiro atoms. The van der Waals surface area contributed by atoms with E-state index in [2.05, 4.69) is 5.32 Å². The molecule has 1 aromatic carbocycles. The van der Waals surface area contributed by atoms with E-state index in [4.69, 9.17) is 22.7 Å². The summed E-state index contributed by atoms with van der Waals surface area (Å²) in [5.41, 5.74) is 6.06. The molecule has 92 valence electrons. The molecule has 1 amide bonds. The van der Waals surface area contributed by atoms with Gasteiger partial charge in [-0.05, 0) is 12.1 Å². The number of nitrogens with one attached hydrogen (secondary N) is 1. The smallest absolute Gasteiger partial charge is 0.227 e. The molecule has 0 fully saturated rings. The number of methoxy groups -OCH3 is 1. The zero-order valence-electron chi connectivity index (χ0n) is 9.90. The van der Waals surface area contributed by atoms with Gasteiger partial charge in [0, 0.05) is 12.3 Å². The number of thiocarbonyl (C=S) groups is 1. The van der Waals surface area contributed by atoms with Crippen LogP contribution in [0.15, 0.2) is 24.3 Å². The molecule has 0 heterocycles. The van der Waals surface area contributed by atoms with Gasteiger partial charge >= 0.3 is 0 Å². The Morgan fingerprint density at radius 1 is 1.53 bits per heavy atom. The number of nitrogens with two attached hydrogens (primary N) is 1. The van der Waals surface area contributed by atoms with E-state index < -0.39 is 0 Å². The van der Waals surface area contributed by atoms with Crippen LogP contribution in [0, 0.1) is 5.92 Å². The number of hydrogen-bond donors (Lipinski definition) is 2. The van der Waals surface area contributed by atoms with Crippen molar-refractivity contribution in [1.29, 1.82) is 0 Å². The summed E-state index contributed by atoms with van der Waals surface area (Å²) in [5, 5.41) is 2.79.